The standard InChI is InChI=1S/C16H21NO4/c1-6-16(3,4)7-14(18)21-9-12-8-17-11(2)15(19)13(12)10-20-5/h1,8,19H,7,9-10H2,2-5H3. The molecule has 5 nitrogen and oxygen atoms in total. The number of rotatable bonds is 6. The van der Waals surface area contributed by atoms with E-state index in [1.165, 1.54) is 7.11 Å². The fourth-order valence-electron chi connectivity index (χ4n) is 1.74. The molecule has 1 aromatic rings. The third-order valence-electron chi connectivity index (χ3n) is 3.08. The van der Waals surface area contributed by atoms with Crippen LogP contribution in [-0.4, -0.2) is 23.2 Å². The number of aromatic hydroxyl groups is 1. The summed E-state index contributed by atoms with van der Waals surface area (Å²) in [4.78, 5) is 15.8. The molecule has 0 unspecified atom stereocenters. The van der Waals surface area contributed by atoms with E-state index in [0.29, 0.717) is 16.8 Å². The summed E-state index contributed by atoms with van der Waals surface area (Å²) < 4.78 is 10.3. The molecule has 0 fully saturated rings. The number of hydrogen-bond donors (Lipinski definition) is 1. The van der Waals surface area contributed by atoms with E-state index in [9.17, 15) is 9.90 Å². The Bertz CT molecular complexity index is 558. The van der Waals surface area contributed by atoms with Crippen LogP contribution in [0, 0.1) is 24.7 Å². The molecule has 0 saturated carbocycles. The molecule has 0 radical (unpaired) electrons. The number of carbonyl (C=O) groups is 1. The molecule has 21 heavy (non-hydrogen) atoms. The van der Waals surface area contributed by atoms with Gasteiger partial charge in [0.1, 0.15) is 12.4 Å². The number of aryl methyl sites for hydroxylation is 1. The molecule has 114 valence electrons. The van der Waals surface area contributed by atoms with Crippen LogP contribution < -0.4 is 0 Å². The summed E-state index contributed by atoms with van der Waals surface area (Å²) in [5.74, 6) is 2.22. The van der Waals surface area contributed by atoms with Gasteiger partial charge in [0.25, 0.3) is 0 Å². The van der Waals surface area contributed by atoms with Crippen molar-refractivity contribution in [1.29, 1.82) is 0 Å². The van der Waals surface area contributed by atoms with Gasteiger partial charge >= 0.3 is 5.97 Å². The number of terminal acetylenes is 1. The predicted octanol–water partition coefficient (Wildman–Crippen LogP) is 2.33. The minimum Gasteiger partial charge on any atom is -0.506 e. The SMILES string of the molecule is C#CC(C)(C)CC(=O)OCc1cnc(C)c(O)c1COC. The van der Waals surface area contributed by atoms with E-state index in [2.05, 4.69) is 10.9 Å². The van der Waals surface area contributed by atoms with E-state index >= 15 is 0 Å². The summed E-state index contributed by atoms with van der Waals surface area (Å²) in [5.41, 5.74) is 1.16. The summed E-state index contributed by atoms with van der Waals surface area (Å²) in [6.07, 6.45) is 7.05. The molecule has 0 aliphatic heterocycles. The molecular weight excluding hydrogens is 270 g/mol. The summed E-state index contributed by atoms with van der Waals surface area (Å²) in [6, 6.07) is 0. The number of nitrogens with zero attached hydrogens (tertiary/aromatic N) is 1. The minimum absolute atomic E-state index is 0.0268. The van der Waals surface area contributed by atoms with Crippen molar-refractivity contribution in [2.24, 2.45) is 5.41 Å². The second-order valence-electron chi connectivity index (χ2n) is 5.49. The van der Waals surface area contributed by atoms with Gasteiger partial charge in [-0.3, -0.25) is 9.78 Å². The minimum atomic E-state index is -0.542. The fraction of sp³-hybridized carbons (Fsp3) is 0.500. The Balaban J connectivity index is 2.78. The lowest BCUT2D eigenvalue weighted by Crippen LogP contribution is -2.17. The number of hydrogen-bond acceptors (Lipinski definition) is 5. The number of methoxy groups -OCH3 is 1. The van der Waals surface area contributed by atoms with E-state index < -0.39 is 5.41 Å². The first-order chi connectivity index (χ1) is 9.80. The normalized spacial score (nSPS) is 11.0. The molecule has 0 amide bonds. The van der Waals surface area contributed by atoms with Crippen molar-refractivity contribution >= 4 is 5.97 Å². The Labute approximate surface area is 125 Å². The first-order valence-electron chi connectivity index (χ1n) is 6.59. The Morgan fingerprint density at radius 3 is 2.71 bits per heavy atom. The van der Waals surface area contributed by atoms with Crippen LogP contribution in [0.4, 0.5) is 0 Å². The highest BCUT2D eigenvalue weighted by molar-refractivity contribution is 5.70. The molecule has 1 aromatic heterocycles. The lowest BCUT2D eigenvalue weighted by Gasteiger charge is -2.17. The highest BCUT2D eigenvalue weighted by Crippen LogP contribution is 2.25. The van der Waals surface area contributed by atoms with E-state index in [0.717, 1.165) is 0 Å². The van der Waals surface area contributed by atoms with Crippen molar-refractivity contribution < 1.29 is 19.4 Å². The molecule has 1 N–H and O–H groups in total. The van der Waals surface area contributed by atoms with Crippen molar-refractivity contribution in [2.45, 2.75) is 40.4 Å². The molecule has 1 rings (SSSR count). The summed E-state index contributed by atoms with van der Waals surface area (Å²) in [6.45, 7) is 5.53. The van der Waals surface area contributed by atoms with Crippen LogP contribution in [0.25, 0.3) is 0 Å². The van der Waals surface area contributed by atoms with E-state index in [1.54, 1.807) is 27.0 Å². The number of carbonyl (C=O) groups excluding carboxylic acids is 1. The number of pyridine rings is 1. The lowest BCUT2D eigenvalue weighted by atomic mass is 9.91. The van der Waals surface area contributed by atoms with Gasteiger partial charge in [0.2, 0.25) is 0 Å². The van der Waals surface area contributed by atoms with Gasteiger partial charge in [-0.1, -0.05) is 5.92 Å². The van der Waals surface area contributed by atoms with E-state index in [4.69, 9.17) is 15.9 Å². The monoisotopic (exact) mass is 291 g/mol. The summed E-state index contributed by atoms with van der Waals surface area (Å²) in [5, 5.41) is 9.99. The Morgan fingerprint density at radius 2 is 2.14 bits per heavy atom. The van der Waals surface area contributed by atoms with Gasteiger partial charge < -0.3 is 14.6 Å². The number of esters is 1. The van der Waals surface area contributed by atoms with Gasteiger partial charge in [0, 0.05) is 29.8 Å². The Morgan fingerprint density at radius 1 is 1.48 bits per heavy atom. The summed E-state index contributed by atoms with van der Waals surface area (Å²) in [7, 11) is 1.53. The third-order valence-corrected chi connectivity index (χ3v) is 3.08. The first kappa shape index (κ1) is 17.0. The van der Waals surface area contributed by atoms with Gasteiger partial charge in [-0.2, -0.15) is 0 Å². The van der Waals surface area contributed by atoms with Gasteiger partial charge in [-0.05, 0) is 20.8 Å². The van der Waals surface area contributed by atoms with Gasteiger partial charge in [-0.25, -0.2) is 0 Å². The molecule has 0 atom stereocenters. The smallest absolute Gasteiger partial charge is 0.307 e. The maximum atomic E-state index is 11.8. The number of ether oxygens (including phenoxy) is 2. The zero-order valence-electron chi connectivity index (χ0n) is 12.9. The fourth-order valence-corrected chi connectivity index (χ4v) is 1.74. The Kier molecular flexibility index (Phi) is 5.74. The van der Waals surface area contributed by atoms with Crippen LogP contribution in [0.5, 0.6) is 5.75 Å². The van der Waals surface area contributed by atoms with Crippen molar-refractivity contribution in [3.63, 3.8) is 0 Å². The van der Waals surface area contributed by atoms with Crippen molar-refractivity contribution in [1.82, 2.24) is 4.98 Å². The van der Waals surface area contributed by atoms with Gasteiger partial charge in [-0.15, -0.1) is 6.42 Å². The molecule has 0 aliphatic rings. The maximum absolute atomic E-state index is 11.8. The van der Waals surface area contributed by atoms with Crippen molar-refractivity contribution in [2.75, 3.05) is 7.11 Å². The second-order valence-corrected chi connectivity index (χ2v) is 5.49. The maximum Gasteiger partial charge on any atom is 0.307 e. The van der Waals surface area contributed by atoms with Crippen LogP contribution in [0.2, 0.25) is 0 Å². The molecule has 1 heterocycles. The number of aromatic nitrogens is 1. The highest BCUT2D eigenvalue weighted by atomic mass is 16.5. The van der Waals surface area contributed by atoms with Crippen LogP contribution in [0.3, 0.4) is 0 Å². The highest BCUT2D eigenvalue weighted by Gasteiger charge is 2.21. The van der Waals surface area contributed by atoms with E-state index in [1.807, 2.05) is 0 Å². The largest absolute Gasteiger partial charge is 0.506 e. The average Bonchev–Trinajstić information content (AvgIpc) is 2.43. The predicted molar refractivity (Wildman–Crippen MR) is 78.4 cm³/mol. The van der Waals surface area contributed by atoms with Crippen LogP contribution in [0.1, 0.15) is 37.1 Å². The third kappa shape index (κ3) is 4.76. The first-order valence-corrected chi connectivity index (χ1v) is 6.59. The molecule has 0 aromatic carbocycles. The lowest BCUT2D eigenvalue weighted by molar-refractivity contribution is -0.146. The summed E-state index contributed by atoms with van der Waals surface area (Å²) >= 11 is 0. The molecule has 0 saturated heterocycles. The second kappa shape index (κ2) is 7.09. The molecule has 0 aliphatic carbocycles. The zero-order valence-corrected chi connectivity index (χ0v) is 12.9. The van der Waals surface area contributed by atoms with Crippen molar-refractivity contribution in [3.8, 4) is 18.1 Å². The Hall–Kier alpha value is -2.06. The molecular formula is C16H21NO4. The van der Waals surface area contributed by atoms with Crippen molar-refractivity contribution in [3.05, 3.63) is 23.0 Å². The average molecular weight is 291 g/mol. The zero-order chi connectivity index (χ0) is 16.0. The molecule has 0 spiro atoms. The van der Waals surface area contributed by atoms with Crippen LogP contribution >= 0.6 is 0 Å². The molecule has 0 bridgehead atoms. The van der Waals surface area contributed by atoms with E-state index in [-0.39, 0.29) is 31.4 Å². The van der Waals surface area contributed by atoms with Gasteiger partial charge in [0.15, 0.2) is 0 Å². The van der Waals surface area contributed by atoms with Crippen LogP contribution in [-0.2, 0) is 27.5 Å². The van der Waals surface area contributed by atoms with Gasteiger partial charge in [0.05, 0.1) is 18.7 Å². The quantitative estimate of drug-likeness (QED) is 0.643. The molecule has 5 heteroatoms. The van der Waals surface area contributed by atoms with Crippen LogP contribution in [0.15, 0.2) is 6.20 Å². The topological polar surface area (TPSA) is 68.7 Å².